The number of hydrogen-bond acceptors (Lipinski definition) is 2. The van der Waals surface area contributed by atoms with Gasteiger partial charge < -0.3 is 5.32 Å². The summed E-state index contributed by atoms with van der Waals surface area (Å²) in [7, 11) is 0. The third-order valence-corrected chi connectivity index (χ3v) is 2.15. The van der Waals surface area contributed by atoms with E-state index >= 15 is 0 Å². The highest BCUT2D eigenvalue weighted by Crippen LogP contribution is 2.11. The second-order valence-electron chi connectivity index (χ2n) is 3.23. The van der Waals surface area contributed by atoms with Crippen molar-refractivity contribution < 1.29 is 0 Å². The van der Waals surface area contributed by atoms with E-state index in [9.17, 15) is 0 Å². The number of pyridine rings is 1. The number of fused-ring (bicyclic) bond motifs is 1. The Hall–Kier alpha value is -1.22. The summed E-state index contributed by atoms with van der Waals surface area (Å²) in [6.45, 7) is 2.71. The largest absolute Gasteiger partial charge is 0.370 e. The highest BCUT2D eigenvalue weighted by atomic mass is 35.5. The molecule has 2 aromatic heterocycles. The molecule has 1 N–H and O–H groups in total. The van der Waals surface area contributed by atoms with Gasteiger partial charge in [-0.1, -0.05) is 6.07 Å². The molecule has 2 aromatic rings. The molecule has 2 heterocycles. The van der Waals surface area contributed by atoms with Crippen LogP contribution in [0.15, 0.2) is 30.6 Å². The molecule has 0 fully saturated rings. The topological polar surface area (TPSA) is 29.3 Å². The summed E-state index contributed by atoms with van der Waals surface area (Å²) in [5, 5.41) is 3.38. The van der Waals surface area contributed by atoms with Crippen LogP contribution < -0.4 is 5.32 Å². The van der Waals surface area contributed by atoms with Crippen molar-refractivity contribution in [1.29, 1.82) is 0 Å². The Kier molecular flexibility index (Phi) is 2.59. The SMILES string of the molecule is CC(Cl)CNc1cccc2nccn12. The van der Waals surface area contributed by atoms with E-state index in [0.717, 1.165) is 18.0 Å². The molecule has 1 unspecified atom stereocenters. The number of nitrogens with one attached hydrogen (secondary N) is 1. The van der Waals surface area contributed by atoms with Crippen LogP contribution >= 0.6 is 11.6 Å². The summed E-state index contributed by atoms with van der Waals surface area (Å²) >= 11 is 5.87. The minimum Gasteiger partial charge on any atom is -0.370 e. The van der Waals surface area contributed by atoms with E-state index in [-0.39, 0.29) is 5.38 Å². The fourth-order valence-electron chi connectivity index (χ4n) is 1.34. The summed E-state index contributed by atoms with van der Waals surface area (Å²) in [6.07, 6.45) is 3.71. The van der Waals surface area contributed by atoms with Gasteiger partial charge in [-0.25, -0.2) is 4.98 Å². The molecule has 0 saturated heterocycles. The maximum absolute atomic E-state index is 5.87. The average molecular weight is 210 g/mol. The van der Waals surface area contributed by atoms with Crippen LogP contribution in [0.4, 0.5) is 5.82 Å². The molecule has 14 heavy (non-hydrogen) atoms. The zero-order valence-corrected chi connectivity index (χ0v) is 8.70. The molecular formula is C10H12ClN3. The van der Waals surface area contributed by atoms with Crippen LogP contribution in [0, 0.1) is 0 Å². The number of imidazole rings is 1. The van der Waals surface area contributed by atoms with Crippen molar-refractivity contribution in [3.63, 3.8) is 0 Å². The van der Waals surface area contributed by atoms with Crippen molar-refractivity contribution in [2.24, 2.45) is 0 Å². The van der Waals surface area contributed by atoms with E-state index in [1.165, 1.54) is 0 Å². The first kappa shape index (κ1) is 9.34. The van der Waals surface area contributed by atoms with E-state index in [4.69, 9.17) is 11.6 Å². The van der Waals surface area contributed by atoms with Crippen molar-refractivity contribution in [2.75, 3.05) is 11.9 Å². The Morgan fingerprint density at radius 3 is 3.21 bits per heavy atom. The lowest BCUT2D eigenvalue weighted by atomic mass is 10.4. The van der Waals surface area contributed by atoms with E-state index < -0.39 is 0 Å². The zero-order valence-electron chi connectivity index (χ0n) is 7.94. The smallest absolute Gasteiger partial charge is 0.138 e. The number of nitrogens with zero attached hydrogens (tertiary/aromatic N) is 2. The summed E-state index contributed by atoms with van der Waals surface area (Å²) < 4.78 is 2.00. The number of alkyl halides is 1. The molecule has 74 valence electrons. The van der Waals surface area contributed by atoms with Crippen LogP contribution in [0.2, 0.25) is 0 Å². The lowest BCUT2D eigenvalue weighted by Gasteiger charge is -2.09. The van der Waals surface area contributed by atoms with Gasteiger partial charge in [0.25, 0.3) is 0 Å². The minimum absolute atomic E-state index is 0.119. The molecule has 0 aliphatic carbocycles. The van der Waals surface area contributed by atoms with Crippen LogP contribution in [-0.2, 0) is 0 Å². The third kappa shape index (κ3) is 1.82. The molecule has 1 atom stereocenters. The molecular weight excluding hydrogens is 198 g/mol. The highest BCUT2D eigenvalue weighted by molar-refractivity contribution is 6.20. The normalized spacial score (nSPS) is 13.0. The Labute approximate surface area is 87.7 Å². The van der Waals surface area contributed by atoms with Crippen LogP contribution in [0.3, 0.4) is 0 Å². The number of rotatable bonds is 3. The van der Waals surface area contributed by atoms with Crippen LogP contribution in [0.25, 0.3) is 5.65 Å². The molecule has 0 amide bonds. The second kappa shape index (κ2) is 3.88. The van der Waals surface area contributed by atoms with E-state index in [0.29, 0.717) is 0 Å². The Morgan fingerprint density at radius 1 is 1.57 bits per heavy atom. The van der Waals surface area contributed by atoms with Gasteiger partial charge in [0.1, 0.15) is 11.5 Å². The Morgan fingerprint density at radius 2 is 2.43 bits per heavy atom. The van der Waals surface area contributed by atoms with Crippen molar-refractivity contribution in [3.05, 3.63) is 30.6 Å². The summed E-state index contributed by atoms with van der Waals surface area (Å²) in [5.41, 5.74) is 0.942. The van der Waals surface area contributed by atoms with Gasteiger partial charge in [0, 0.05) is 24.3 Å². The molecule has 0 radical (unpaired) electrons. The van der Waals surface area contributed by atoms with Crippen molar-refractivity contribution >= 4 is 23.1 Å². The highest BCUT2D eigenvalue weighted by Gasteiger charge is 2.00. The van der Waals surface area contributed by atoms with Gasteiger partial charge >= 0.3 is 0 Å². The second-order valence-corrected chi connectivity index (χ2v) is 3.97. The van der Waals surface area contributed by atoms with Crippen molar-refractivity contribution in [2.45, 2.75) is 12.3 Å². The standard InChI is InChI=1S/C10H12ClN3/c1-8(11)7-13-10-4-2-3-9-12-5-6-14(9)10/h2-6,8,13H,7H2,1H3. The Bertz CT molecular complexity index is 422. The fourth-order valence-corrected chi connectivity index (χ4v) is 1.41. The quantitative estimate of drug-likeness (QED) is 0.787. The van der Waals surface area contributed by atoms with E-state index in [1.807, 2.05) is 35.7 Å². The first-order chi connectivity index (χ1) is 6.77. The molecule has 0 spiro atoms. The lowest BCUT2D eigenvalue weighted by Crippen LogP contribution is -2.12. The first-order valence-electron chi connectivity index (χ1n) is 4.57. The predicted octanol–water partition coefficient (Wildman–Crippen LogP) is 2.37. The third-order valence-electron chi connectivity index (χ3n) is 1.99. The van der Waals surface area contributed by atoms with Gasteiger partial charge in [0.2, 0.25) is 0 Å². The number of halogens is 1. The maximum atomic E-state index is 5.87. The summed E-state index contributed by atoms with van der Waals surface area (Å²) in [6, 6.07) is 5.95. The molecule has 0 aromatic carbocycles. The van der Waals surface area contributed by atoms with Gasteiger partial charge in [0.15, 0.2) is 0 Å². The van der Waals surface area contributed by atoms with Gasteiger partial charge in [-0.15, -0.1) is 11.6 Å². The molecule has 0 saturated carbocycles. The Balaban J connectivity index is 2.27. The molecule has 0 bridgehead atoms. The van der Waals surface area contributed by atoms with Crippen LogP contribution in [-0.4, -0.2) is 21.3 Å². The maximum Gasteiger partial charge on any atom is 0.138 e. The number of aromatic nitrogens is 2. The molecule has 4 heteroatoms. The molecule has 3 nitrogen and oxygen atoms in total. The van der Waals surface area contributed by atoms with Gasteiger partial charge in [-0.3, -0.25) is 4.40 Å². The summed E-state index contributed by atoms with van der Waals surface area (Å²) in [4.78, 5) is 4.20. The van der Waals surface area contributed by atoms with Gasteiger partial charge in [-0.05, 0) is 19.1 Å². The number of anilines is 1. The monoisotopic (exact) mass is 209 g/mol. The zero-order chi connectivity index (χ0) is 9.97. The predicted molar refractivity (Wildman–Crippen MR) is 59.0 cm³/mol. The van der Waals surface area contributed by atoms with Crippen LogP contribution in [0.1, 0.15) is 6.92 Å². The molecule has 2 rings (SSSR count). The van der Waals surface area contributed by atoms with Crippen molar-refractivity contribution in [1.82, 2.24) is 9.38 Å². The minimum atomic E-state index is 0.119. The van der Waals surface area contributed by atoms with E-state index in [1.54, 1.807) is 6.20 Å². The van der Waals surface area contributed by atoms with Gasteiger partial charge in [0.05, 0.1) is 0 Å². The lowest BCUT2D eigenvalue weighted by molar-refractivity contribution is 0.969. The molecule has 0 aliphatic heterocycles. The number of hydrogen-bond donors (Lipinski definition) is 1. The van der Waals surface area contributed by atoms with E-state index in [2.05, 4.69) is 10.3 Å². The average Bonchev–Trinajstić information content (AvgIpc) is 2.62. The molecule has 0 aliphatic rings. The fraction of sp³-hybridized carbons (Fsp3) is 0.300. The van der Waals surface area contributed by atoms with Gasteiger partial charge in [-0.2, -0.15) is 0 Å². The summed E-state index contributed by atoms with van der Waals surface area (Å²) in [5.74, 6) is 1.02. The van der Waals surface area contributed by atoms with Crippen molar-refractivity contribution in [3.8, 4) is 0 Å². The first-order valence-corrected chi connectivity index (χ1v) is 5.01. The van der Waals surface area contributed by atoms with Crippen LogP contribution in [0.5, 0.6) is 0 Å².